The van der Waals surface area contributed by atoms with Gasteiger partial charge in [-0.3, -0.25) is 14.2 Å². The minimum absolute atomic E-state index is 0. The summed E-state index contributed by atoms with van der Waals surface area (Å²) >= 11 is 8.01. The third-order valence-corrected chi connectivity index (χ3v) is 6.82. The van der Waals surface area contributed by atoms with Crippen LogP contribution in [0.4, 0.5) is 11.5 Å². The molecular weight excluding hydrogens is 532 g/mol. The van der Waals surface area contributed by atoms with Gasteiger partial charge in [0.05, 0.1) is 17.5 Å². The molecule has 0 atom stereocenters. The van der Waals surface area contributed by atoms with Crippen LogP contribution in [0.15, 0.2) is 36.4 Å². The monoisotopic (exact) mass is 562 g/mol. The van der Waals surface area contributed by atoms with E-state index in [-0.39, 0.29) is 22.2 Å². The zero-order valence-corrected chi connectivity index (χ0v) is 22.0. The first-order chi connectivity index (χ1) is 15.7. The summed E-state index contributed by atoms with van der Waals surface area (Å²) in [6.45, 7) is 5.31. The Morgan fingerprint density at radius 3 is 2.42 bits per heavy atom. The first-order valence-corrected chi connectivity index (χ1v) is 13.5. The highest BCUT2D eigenvalue weighted by Gasteiger charge is 2.23. The molecule has 0 aliphatic carbocycles. The lowest BCUT2D eigenvalue weighted by Gasteiger charge is -2.35. The fourth-order valence-electron chi connectivity index (χ4n) is 4.02. The van der Waals surface area contributed by atoms with Gasteiger partial charge in [-0.05, 0) is 47.8 Å². The van der Waals surface area contributed by atoms with Crippen molar-refractivity contribution in [2.45, 2.75) is 6.42 Å². The van der Waals surface area contributed by atoms with E-state index >= 15 is 0 Å². The van der Waals surface area contributed by atoms with Gasteiger partial charge in [0.15, 0.2) is 5.78 Å². The fraction of sp³-hybridized carbons (Fsp3) is 0.364. The summed E-state index contributed by atoms with van der Waals surface area (Å²) in [4.78, 5) is 16.8. The second-order valence-electron chi connectivity index (χ2n) is 8.08. The van der Waals surface area contributed by atoms with Crippen LogP contribution in [-0.4, -0.2) is 90.0 Å². The number of rotatable bonds is 4. The molecule has 200 valence electrons. The number of anilines is 2. The Hall–Kier alpha value is -2.36. The number of aromatic nitrogens is 1. The number of nitrogens with zero attached hydrogens (tertiary/aromatic N) is 3. The van der Waals surface area contributed by atoms with Gasteiger partial charge >= 0.3 is 0 Å². The Kier molecular flexibility index (Phi) is 11.7. The Morgan fingerprint density at radius 1 is 1.11 bits per heavy atom. The van der Waals surface area contributed by atoms with Crippen molar-refractivity contribution in [1.82, 2.24) is 9.27 Å². The van der Waals surface area contributed by atoms with Crippen LogP contribution in [0.1, 0.15) is 15.9 Å². The predicted octanol–water partition coefficient (Wildman–Crippen LogP) is 0.953. The number of halogens is 1. The molecule has 0 bridgehead atoms. The van der Waals surface area contributed by atoms with Gasteiger partial charge in [-0.15, -0.1) is 0 Å². The third kappa shape index (κ3) is 7.82. The fourth-order valence-corrected chi connectivity index (χ4v) is 5.07. The van der Waals surface area contributed by atoms with Crippen LogP contribution in [-0.2, 0) is 16.5 Å². The molecule has 14 heteroatoms. The lowest BCUT2D eigenvalue weighted by molar-refractivity contribution is 0.101. The number of Topliss-reactive ketones (excluding diaryl/α,β-unsaturated/α-hetero) is 1. The van der Waals surface area contributed by atoms with Crippen LogP contribution >= 0.6 is 23.1 Å². The number of benzene rings is 2. The quantitative estimate of drug-likeness (QED) is 0.438. The van der Waals surface area contributed by atoms with Crippen LogP contribution < -0.4 is 10.2 Å². The van der Waals surface area contributed by atoms with E-state index in [1.54, 1.807) is 11.5 Å². The Morgan fingerprint density at radius 2 is 1.75 bits per heavy atom. The van der Waals surface area contributed by atoms with E-state index in [0.717, 1.165) is 66.8 Å². The van der Waals surface area contributed by atoms with Gasteiger partial charge in [-0.25, -0.2) is 0 Å². The molecule has 11 nitrogen and oxygen atoms in total. The molecule has 0 radical (unpaired) electrons. The number of carbonyl (C=O) groups excluding carboxylic acids is 1. The average molecular weight is 563 g/mol. The summed E-state index contributed by atoms with van der Waals surface area (Å²) in [5, 5.41) is 5.10. The second kappa shape index (κ2) is 13.3. The van der Waals surface area contributed by atoms with Gasteiger partial charge in [0.25, 0.3) is 10.1 Å². The summed E-state index contributed by atoms with van der Waals surface area (Å²) < 4.78 is 31.8. The summed E-state index contributed by atoms with van der Waals surface area (Å²) in [5.74, 6) is 1.27. The standard InChI is InChI=1S/C21H21ClN4OS.CH4O3S.3H2O/c22-17-12-18-16(19(27)13-23-18)11-14(17)5-6-25-7-9-26(10-8-25)21-15-3-1-2-4-20(15)28-24-21;1-5(2,3)4;;;/h1-4,11-12,23H,5-10,13H2;1H3,(H,2,3,4);3*1H2. The van der Waals surface area contributed by atoms with E-state index in [2.05, 4.69) is 43.8 Å². The number of ketones is 1. The molecule has 1 aromatic heterocycles. The van der Waals surface area contributed by atoms with Gasteiger partial charge in [0, 0.05) is 54.4 Å². The summed E-state index contributed by atoms with van der Waals surface area (Å²) in [5.41, 5.74) is 2.70. The van der Waals surface area contributed by atoms with Crippen LogP contribution in [0.5, 0.6) is 0 Å². The van der Waals surface area contributed by atoms with Gasteiger partial charge in [0.2, 0.25) is 0 Å². The molecule has 2 aliphatic rings. The van der Waals surface area contributed by atoms with Crippen molar-refractivity contribution in [1.29, 1.82) is 0 Å². The topological polar surface area (TPSA) is 197 Å². The van der Waals surface area contributed by atoms with E-state index in [4.69, 9.17) is 16.2 Å². The molecule has 36 heavy (non-hydrogen) atoms. The molecule has 1 fully saturated rings. The highest BCUT2D eigenvalue weighted by Crippen LogP contribution is 2.31. The minimum Gasteiger partial charge on any atom is -0.412 e. The SMILES string of the molecule is CS(=O)(=O)O.O.O.O.O=C1CNc2cc(Cl)c(CCN3CCN(c4nsc5ccccc45)CC3)cc21. The van der Waals surface area contributed by atoms with Crippen molar-refractivity contribution in [2.75, 3.05) is 55.7 Å². The van der Waals surface area contributed by atoms with Crippen molar-refractivity contribution in [3.8, 4) is 0 Å². The minimum atomic E-state index is -3.67. The maximum Gasteiger partial charge on any atom is 0.261 e. The highest BCUT2D eigenvalue weighted by atomic mass is 35.5. The van der Waals surface area contributed by atoms with E-state index in [1.165, 1.54) is 10.1 Å². The predicted molar refractivity (Wildman–Crippen MR) is 145 cm³/mol. The normalized spacial score (nSPS) is 15.0. The largest absolute Gasteiger partial charge is 0.412 e. The number of hydrogen-bond acceptors (Lipinski definition) is 8. The molecule has 2 aromatic carbocycles. The molecule has 3 heterocycles. The van der Waals surface area contributed by atoms with Crippen molar-refractivity contribution < 1.29 is 34.2 Å². The van der Waals surface area contributed by atoms with Crippen molar-refractivity contribution >= 4 is 60.6 Å². The molecule has 5 rings (SSSR count). The number of nitrogens with one attached hydrogen (secondary N) is 1. The number of hydrogen-bond donors (Lipinski definition) is 2. The molecule has 2 aliphatic heterocycles. The van der Waals surface area contributed by atoms with Gasteiger partial charge < -0.3 is 26.6 Å². The summed E-state index contributed by atoms with van der Waals surface area (Å²) in [6.07, 6.45) is 1.58. The maximum absolute atomic E-state index is 12.0. The lowest BCUT2D eigenvalue weighted by Crippen LogP contribution is -2.47. The van der Waals surface area contributed by atoms with E-state index in [1.807, 2.05) is 12.1 Å². The first-order valence-electron chi connectivity index (χ1n) is 10.5. The molecule has 0 unspecified atom stereocenters. The van der Waals surface area contributed by atoms with E-state index < -0.39 is 10.1 Å². The number of carbonyl (C=O) groups is 1. The Bertz CT molecular complexity index is 1270. The molecule has 8 N–H and O–H groups in total. The van der Waals surface area contributed by atoms with Crippen molar-refractivity contribution in [3.05, 3.63) is 52.5 Å². The lowest BCUT2D eigenvalue weighted by atomic mass is 10.0. The zero-order valence-electron chi connectivity index (χ0n) is 19.6. The molecular formula is C22H31ClN4O7S2. The van der Waals surface area contributed by atoms with Crippen LogP contribution in [0.25, 0.3) is 10.1 Å². The van der Waals surface area contributed by atoms with Crippen molar-refractivity contribution in [3.63, 3.8) is 0 Å². The zero-order chi connectivity index (χ0) is 23.6. The first kappa shape index (κ1) is 31.7. The Labute approximate surface area is 218 Å². The Balaban J connectivity index is 0.000000743. The number of piperazine rings is 1. The number of fused-ring (bicyclic) bond motifs is 2. The van der Waals surface area contributed by atoms with Crippen molar-refractivity contribution in [2.24, 2.45) is 0 Å². The van der Waals surface area contributed by atoms with Crippen LogP contribution in [0, 0.1) is 0 Å². The molecule has 1 saturated heterocycles. The third-order valence-electron chi connectivity index (χ3n) is 5.65. The van der Waals surface area contributed by atoms with Gasteiger partial charge in [-0.2, -0.15) is 12.8 Å². The van der Waals surface area contributed by atoms with Gasteiger partial charge in [0.1, 0.15) is 5.82 Å². The highest BCUT2D eigenvalue weighted by molar-refractivity contribution is 7.85. The molecule has 0 amide bonds. The smallest absolute Gasteiger partial charge is 0.261 e. The average Bonchev–Trinajstić information content (AvgIpc) is 3.35. The molecule has 0 saturated carbocycles. The molecule has 3 aromatic rings. The van der Waals surface area contributed by atoms with Gasteiger partial charge in [-0.1, -0.05) is 23.7 Å². The second-order valence-corrected chi connectivity index (χ2v) is 10.8. The molecule has 0 spiro atoms. The van der Waals surface area contributed by atoms with Crippen LogP contribution in [0.3, 0.4) is 0 Å². The summed E-state index contributed by atoms with van der Waals surface area (Å²) in [6, 6.07) is 12.3. The van der Waals surface area contributed by atoms with E-state index in [0.29, 0.717) is 12.8 Å². The summed E-state index contributed by atoms with van der Waals surface area (Å²) in [7, 11) is -3.67. The van der Waals surface area contributed by atoms with E-state index in [9.17, 15) is 13.2 Å². The van der Waals surface area contributed by atoms with Crippen LogP contribution in [0.2, 0.25) is 5.02 Å². The maximum atomic E-state index is 12.0.